The van der Waals surface area contributed by atoms with Gasteiger partial charge in [-0.3, -0.25) is 9.78 Å². The number of carbonyl (C=O) groups is 1. The summed E-state index contributed by atoms with van der Waals surface area (Å²) in [5.74, 6) is -2.00. The lowest BCUT2D eigenvalue weighted by molar-refractivity contribution is -0.137. The second-order valence-corrected chi connectivity index (χ2v) is 6.26. The van der Waals surface area contributed by atoms with Crippen LogP contribution in [0.2, 0.25) is 0 Å². The largest absolute Gasteiger partial charge is 0.416 e. The minimum atomic E-state index is -4.61. The van der Waals surface area contributed by atoms with Crippen molar-refractivity contribution in [2.75, 3.05) is 6.54 Å². The molecule has 1 aromatic heterocycles. The number of halogens is 5. The molecule has 4 nitrogen and oxygen atoms in total. The van der Waals surface area contributed by atoms with Crippen molar-refractivity contribution < 1.29 is 26.7 Å². The summed E-state index contributed by atoms with van der Waals surface area (Å²) >= 11 is 4.81. The number of hydrogen-bond acceptors (Lipinski definition) is 3. The van der Waals surface area contributed by atoms with Crippen LogP contribution in [0.15, 0.2) is 42.6 Å². The van der Waals surface area contributed by atoms with Gasteiger partial charge in [0.05, 0.1) is 17.8 Å². The molecule has 28 heavy (non-hydrogen) atoms. The van der Waals surface area contributed by atoms with Crippen LogP contribution in [0.5, 0.6) is 0 Å². The lowest BCUT2D eigenvalue weighted by Crippen LogP contribution is -2.43. The Morgan fingerprint density at radius 2 is 1.89 bits per heavy atom. The van der Waals surface area contributed by atoms with Gasteiger partial charge in [0.15, 0.2) is 5.11 Å². The molecule has 0 aliphatic carbocycles. The second kappa shape index (κ2) is 9.05. The molecule has 0 spiro atoms. The summed E-state index contributed by atoms with van der Waals surface area (Å²) in [6.45, 7) is 0.923. The summed E-state index contributed by atoms with van der Waals surface area (Å²) in [5, 5.41) is 4.06. The van der Waals surface area contributed by atoms with Crippen LogP contribution in [0.3, 0.4) is 0 Å². The first-order valence-corrected chi connectivity index (χ1v) is 8.46. The van der Waals surface area contributed by atoms with E-state index in [-0.39, 0.29) is 10.8 Å². The van der Waals surface area contributed by atoms with Gasteiger partial charge in [-0.05, 0) is 42.4 Å². The Bertz CT molecular complexity index is 857. The number of pyridine rings is 1. The van der Waals surface area contributed by atoms with Crippen molar-refractivity contribution in [2.24, 2.45) is 0 Å². The highest BCUT2D eigenvalue weighted by molar-refractivity contribution is 7.80. The molecule has 150 valence electrons. The van der Waals surface area contributed by atoms with E-state index in [1.807, 2.05) is 0 Å². The number of rotatable bonds is 5. The highest BCUT2D eigenvalue weighted by atomic mass is 32.1. The summed E-state index contributed by atoms with van der Waals surface area (Å²) in [4.78, 5) is 16.7. The average Bonchev–Trinajstić information content (AvgIpc) is 2.61. The lowest BCUT2D eigenvalue weighted by Gasteiger charge is -2.20. The Morgan fingerprint density at radius 3 is 2.50 bits per heavy atom. The highest BCUT2D eigenvalue weighted by Crippen LogP contribution is 2.32. The number of aryl methyl sites for hydroxylation is 1. The summed E-state index contributed by atoms with van der Waals surface area (Å²) in [6.07, 6.45) is -6.34. The minimum Gasteiger partial charge on any atom is -0.357 e. The Hall–Kier alpha value is -2.62. The van der Waals surface area contributed by atoms with Gasteiger partial charge in [0.25, 0.3) is 6.43 Å². The first-order valence-electron chi connectivity index (χ1n) is 8.05. The normalized spacial score (nSPS) is 12.5. The predicted octanol–water partition coefficient (Wildman–Crippen LogP) is 3.80. The third-order valence-corrected chi connectivity index (χ3v) is 4.07. The molecule has 1 amide bonds. The molecule has 1 atom stereocenters. The first kappa shape index (κ1) is 21.7. The fourth-order valence-corrected chi connectivity index (χ4v) is 2.71. The van der Waals surface area contributed by atoms with E-state index in [1.165, 1.54) is 0 Å². The van der Waals surface area contributed by atoms with Gasteiger partial charge in [-0.2, -0.15) is 13.2 Å². The van der Waals surface area contributed by atoms with Crippen LogP contribution >= 0.6 is 12.2 Å². The molecule has 2 rings (SSSR count). The molecule has 2 aromatic rings. The Labute approximate surface area is 163 Å². The monoisotopic (exact) mass is 417 g/mol. The van der Waals surface area contributed by atoms with Crippen molar-refractivity contribution in [1.29, 1.82) is 0 Å². The van der Waals surface area contributed by atoms with E-state index in [1.54, 1.807) is 31.2 Å². The van der Waals surface area contributed by atoms with Crippen LogP contribution in [0, 0.1) is 6.92 Å². The van der Waals surface area contributed by atoms with Crippen molar-refractivity contribution >= 4 is 23.2 Å². The number of carbonyl (C=O) groups excluding carboxylic acids is 1. The second-order valence-electron chi connectivity index (χ2n) is 5.85. The number of thiocarbonyl (C=S) groups is 1. The minimum absolute atomic E-state index is 0.140. The van der Waals surface area contributed by atoms with E-state index in [0.29, 0.717) is 11.1 Å². The molecule has 1 unspecified atom stereocenters. The van der Waals surface area contributed by atoms with Crippen LogP contribution < -0.4 is 10.6 Å². The van der Waals surface area contributed by atoms with Gasteiger partial charge in [-0.25, -0.2) is 8.78 Å². The molecule has 0 bridgehead atoms. The molecule has 0 radical (unpaired) electrons. The van der Waals surface area contributed by atoms with Crippen molar-refractivity contribution in [1.82, 2.24) is 15.6 Å². The van der Waals surface area contributed by atoms with Crippen LogP contribution in [0.25, 0.3) is 0 Å². The molecule has 1 heterocycles. The Kier molecular flexibility index (Phi) is 7.00. The number of amides is 1. The van der Waals surface area contributed by atoms with Crippen molar-refractivity contribution in [3.8, 4) is 0 Å². The van der Waals surface area contributed by atoms with Crippen molar-refractivity contribution in [3.05, 3.63) is 65.0 Å². The van der Waals surface area contributed by atoms with Gasteiger partial charge >= 0.3 is 6.18 Å². The van der Waals surface area contributed by atoms with E-state index in [9.17, 15) is 26.7 Å². The Morgan fingerprint density at radius 1 is 1.21 bits per heavy atom. The van der Waals surface area contributed by atoms with E-state index >= 15 is 0 Å². The average molecular weight is 417 g/mol. The van der Waals surface area contributed by atoms with Crippen molar-refractivity contribution in [2.45, 2.75) is 25.4 Å². The molecule has 0 saturated heterocycles. The maximum Gasteiger partial charge on any atom is 0.416 e. The molecule has 0 aliphatic heterocycles. The molecule has 10 heteroatoms. The molecule has 1 aromatic carbocycles. The smallest absolute Gasteiger partial charge is 0.357 e. The van der Waals surface area contributed by atoms with Gasteiger partial charge < -0.3 is 10.6 Å². The standard InChI is InChI=1S/C18H16F5N3OS/c1-10-4-2-3-5-12(10)15(16(27)26-17(28)25-9-14(19)20)13-8-11(6-7-24-13)18(21,22)23/h2-8,14-15H,9H2,1H3,(H2,25,26,27,28). The summed E-state index contributed by atoms with van der Waals surface area (Å²) in [7, 11) is 0. The Balaban J connectivity index is 2.40. The van der Waals surface area contributed by atoms with E-state index in [2.05, 4.69) is 15.6 Å². The molecular formula is C18H16F5N3OS. The van der Waals surface area contributed by atoms with E-state index < -0.39 is 36.5 Å². The maximum atomic E-state index is 13.1. The molecule has 2 N–H and O–H groups in total. The summed E-state index contributed by atoms with van der Waals surface area (Å²) < 4.78 is 63.8. The number of alkyl halides is 5. The van der Waals surface area contributed by atoms with Crippen LogP contribution in [-0.2, 0) is 11.0 Å². The van der Waals surface area contributed by atoms with Gasteiger partial charge in [-0.15, -0.1) is 0 Å². The van der Waals surface area contributed by atoms with Crippen LogP contribution in [-0.4, -0.2) is 29.0 Å². The molecule has 0 saturated carbocycles. The summed E-state index contributed by atoms with van der Waals surface area (Å²) in [5.41, 5.74) is -0.0302. The topological polar surface area (TPSA) is 54.0 Å². The number of nitrogens with zero attached hydrogens (tertiary/aromatic N) is 1. The zero-order chi connectivity index (χ0) is 20.9. The number of nitrogens with one attached hydrogen (secondary N) is 2. The van der Waals surface area contributed by atoms with Gasteiger partial charge in [-0.1, -0.05) is 24.3 Å². The van der Waals surface area contributed by atoms with Gasteiger partial charge in [0.1, 0.15) is 5.92 Å². The number of hydrogen-bond donors (Lipinski definition) is 2. The third-order valence-electron chi connectivity index (χ3n) is 3.82. The van der Waals surface area contributed by atoms with E-state index in [0.717, 1.165) is 18.3 Å². The van der Waals surface area contributed by atoms with Crippen LogP contribution in [0.1, 0.15) is 28.3 Å². The zero-order valence-electron chi connectivity index (χ0n) is 14.6. The molecular weight excluding hydrogens is 401 g/mol. The highest BCUT2D eigenvalue weighted by Gasteiger charge is 2.33. The fourth-order valence-electron chi connectivity index (χ4n) is 2.53. The van der Waals surface area contributed by atoms with Gasteiger partial charge in [0, 0.05) is 6.20 Å². The van der Waals surface area contributed by atoms with Crippen molar-refractivity contribution in [3.63, 3.8) is 0 Å². The zero-order valence-corrected chi connectivity index (χ0v) is 15.4. The SMILES string of the molecule is Cc1ccccc1C(C(=O)NC(=S)NCC(F)F)c1cc(C(F)(F)F)ccn1. The third kappa shape index (κ3) is 5.69. The van der Waals surface area contributed by atoms with Gasteiger partial charge in [0.2, 0.25) is 5.91 Å². The summed E-state index contributed by atoms with van der Waals surface area (Å²) in [6, 6.07) is 8.19. The van der Waals surface area contributed by atoms with Crippen LogP contribution in [0.4, 0.5) is 22.0 Å². The molecule has 0 aliphatic rings. The molecule has 0 fully saturated rings. The van der Waals surface area contributed by atoms with E-state index in [4.69, 9.17) is 12.2 Å². The number of benzene rings is 1. The fraction of sp³-hybridized carbons (Fsp3) is 0.278. The predicted molar refractivity (Wildman–Crippen MR) is 97.0 cm³/mol. The first-order chi connectivity index (χ1) is 13.1. The quantitative estimate of drug-likeness (QED) is 0.574. The number of aromatic nitrogens is 1. The lowest BCUT2D eigenvalue weighted by atomic mass is 9.90. The maximum absolute atomic E-state index is 13.1.